The summed E-state index contributed by atoms with van der Waals surface area (Å²) in [5, 5.41) is 6.03. The first-order valence-corrected chi connectivity index (χ1v) is 23.3. The van der Waals surface area contributed by atoms with Crippen LogP contribution in [-0.4, -0.2) is 0 Å². The van der Waals surface area contributed by atoms with Crippen LogP contribution in [0.4, 0.5) is 0 Å². The van der Waals surface area contributed by atoms with Crippen molar-refractivity contribution >= 4 is 33.1 Å². The van der Waals surface area contributed by atoms with Crippen LogP contribution in [0.3, 0.4) is 0 Å². The molecule has 0 aliphatic carbocycles. The third-order valence-corrected chi connectivity index (χ3v) is 11.8. The monoisotopic (exact) mass is 861 g/mol. The van der Waals surface area contributed by atoms with Gasteiger partial charge in [0.05, 0.1) is 0 Å². The SMILES string of the molecule is CC(C)(C)c1cccc2cccc(Cl)c12.Cc1cccc2cccc(C(C)(C)C)c12.Cc1ccccc1C(C)(C)C.Cc1ccccc1C(C)(C)C.Cc1ccccc1C(C)(C)C. The van der Waals surface area contributed by atoms with Gasteiger partial charge in [0, 0.05) is 10.4 Å². The van der Waals surface area contributed by atoms with Crippen LogP contribution in [-0.2, 0) is 27.1 Å². The Hall–Kier alpha value is -4.65. The summed E-state index contributed by atoms with van der Waals surface area (Å²) in [7, 11) is 0. The minimum absolute atomic E-state index is 0.129. The van der Waals surface area contributed by atoms with Crippen LogP contribution in [0.2, 0.25) is 5.02 Å². The standard InChI is InChI=1S/C15H18.C14H15Cl.3C11H16/c1-11-7-5-8-12-9-6-10-13(14(11)12)15(2,3)4;1-14(2,3)11-8-4-6-10-7-5-9-12(15)13(10)11;3*1-9-7-5-6-8-10(9)11(2,3)4/h5-10H,1-4H3;4-9H,1-3H3;3*5-8H,1-4H3. The van der Waals surface area contributed by atoms with E-state index in [1.807, 2.05) is 12.1 Å². The molecule has 0 saturated carbocycles. The number of aryl methyl sites for hydroxylation is 4. The molecule has 0 fully saturated rings. The van der Waals surface area contributed by atoms with Crippen molar-refractivity contribution in [2.75, 3.05) is 0 Å². The number of rotatable bonds is 0. The van der Waals surface area contributed by atoms with E-state index in [1.54, 1.807) is 0 Å². The Balaban J connectivity index is 0.000000211. The molecule has 0 aromatic heterocycles. The molecular formula is C62H81Cl. The maximum atomic E-state index is 6.27. The fraction of sp³-hybridized carbons (Fsp3) is 0.387. The molecule has 63 heavy (non-hydrogen) atoms. The van der Waals surface area contributed by atoms with Gasteiger partial charge in [-0.25, -0.2) is 0 Å². The van der Waals surface area contributed by atoms with Crippen molar-refractivity contribution in [2.24, 2.45) is 0 Å². The van der Waals surface area contributed by atoms with E-state index in [-0.39, 0.29) is 27.1 Å². The van der Waals surface area contributed by atoms with Gasteiger partial charge in [-0.2, -0.15) is 0 Å². The second kappa shape index (κ2) is 21.8. The predicted octanol–water partition coefficient (Wildman–Crippen LogP) is 19.1. The van der Waals surface area contributed by atoms with Crippen LogP contribution >= 0.6 is 11.6 Å². The minimum atomic E-state index is 0.129. The first-order chi connectivity index (χ1) is 29.0. The molecule has 0 heterocycles. The van der Waals surface area contributed by atoms with Gasteiger partial charge in [-0.05, 0) is 127 Å². The first-order valence-electron chi connectivity index (χ1n) is 22.9. The maximum absolute atomic E-state index is 6.27. The quantitative estimate of drug-likeness (QED) is 0.143. The van der Waals surface area contributed by atoms with Gasteiger partial charge < -0.3 is 0 Å². The van der Waals surface area contributed by atoms with E-state index in [1.165, 1.54) is 71.6 Å². The lowest BCUT2D eigenvalue weighted by Crippen LogP contribution is -2.12. The van der Waals surface area contributed by atoms with Crippen LogP contribution < -0.4 is 0 Å². The lowest BCUT2D eigenvalue weighted by molar-refractivity contribution is 0.586. The largest absolute Gasteiger partial charge is 0.0837 e. The van der Waals surface area contributed by atoms with E-state index in [4.69, 9.17) is 11.6 Å². The molecule has 7 aromatic carbocycles. The molecule has 7 aromatic rings. The summed E-state index contributed by atoms with van der Waals surface area (Å²) in [6.45, 7) is 42.4. The van der Waals surface area contributed by atoms with Crippen molar-refractivity contribution < 1.29 is 0 Å². The highest BCUT2D eigenvalue weighted by Crippen LogP contribution is 2.35. The molecule has 0 bridgehead atoms. The third kappa shape index (κ3) is 15.5. The van der Waals surface area contributed by atoms with Gasteiger partial charge in [0.25, 0.3) is 0 Å². The summed E-state index contributed by atoms with van der Waals surface area (Å²) >= 11 is 6.27. The Labute approximate surface area is 390 Å². The Morgan fingerprint density at radius 2 is 0.492 bits per heavy atom. The van der Waals surface area contributed by atoms with Crippen LogP contribution in [0.15, 0.2) is 146 Å². The first kappa shape index (κ1) is 52.7. The average Bonchev–Trinajstić information content (AvgIpc) is 3.17. The van der Waals surface area contributed by atoms with Crippen molar-refractivity contribution in [3.8, 4) is 0 Å². The highest BCUT2D eigenvalue weighted by atomic mass is 35.5. The lowest BCUT2D eigenvalue weighted by atomic mass is 9.82. The number of hydrogen-bond donors (Lipinski definition) is 0. The van der Waals surface area contributed by atoms with Gasteiger partial charge in [-0.3, -0.25) is 0 Å². The Bertz CT molecular complexity index is 2280. The summed E-state index contributed by atoms with van der Waals surface area (Å²) in [6, 6.07) is 51.2. The average molecular weight is 862 g/mol. The smallest absolute Gasteiger partial charge is 0.0487 e. The molecule has 0 aliphatic heterocycles. The summed E-state index contributed by atoms with van der Waals surface area (Å²) in [5.74, 6) is 0. The Morgan fingerprint density at radius 1 is 0.254 bits per heavy atom. The van der Waals surface area contributed by atoms with E-state index in [0.29, 0.717) is 0 Å². The van der Waals surface area contributed by atoms with Gasteiger partial charge in [-0.15, -0.1) is 0 Å². The zero-order valence-corrected chi connectivity index (χ0v) is 43.5. The fourth-order valence-electron chi connectivity index (χ4n) is 8.32. The molecular weight excluding hydrogens is 780 g/mol. The fourth-order valence-corrected chi connectivity index (χ4v) is 8.60. The van der Waals surface area contributed by atoms with E-state index >= 15 is 0 Å². The van der Waals surface area contributed by atoms with Gasteiger partial charge in [-0.1, -0.05) is 255 Å². The van der Waals surface area contributed by atoms with Crippen molar-refractivity contribution in [3.63, 3.8) is 0 Å². The summed E-state index contributed by atoms with van der Waals surface area (Å²) in [5.41, 5.74) is 13.8. The molecule has 0 saturated heterocycles. The molecule has 0 spiro atoms. The van der Waals surface area contributed by atoms with Crippen LogP contribution in [0, 0.1) is 27.7 Å². The number of halogens is 1. The van der Waals surface area contributed by atoms with Crippen molar-refractivity contribution in [1.82, 2.24) is 0 Å². The summed E-state index contributed by atoms with van der Waals surface area (Å²) < 4.78 is 0. The van der Waals surface area contributed by atoms with Gasteiger partial charge in [0.15, 0.2) is 0 Å². The van der Waals surface area contributed by atoms with Gasteiger partial charge >= 0.3 is 0 Å². The van der Waals surface area contributed by atoms with Gasteiger partial charge in [0.2, 0.25) is 0 Å². The van der Waals surface area contributed by atoms with Crippen LogP contribution in [0.1, 0.15) is 154 Å². The molecule has 0 unspecified atom stereocenters. The minimum Gasteiger partial charge on any atom is -0.0837 e. The van der Waals surface area contributed by atoms with Crippen molar-refractivity contribution in [3.05, 3.63) is 201 Å². The second-order valence-corrected chi connectivity index (χ2v) is 22.7. The highest BCUT2D eigenvalue weighted by molar-refractivity contribution is 6.35. The molecule has 7 rings (SSSR count). The summed E-state index contributed by atoms with van der Waals surface area (Å²) in [4.78, 5) is 0. The molecule has 336 valence electrons. The molecule has 0 radical (unpaired) electrons. The third-order valence-electron chi connectivity index (χ3n) is 11.4. The lowest BCUT2D eigenvalue weighted by Gasteiger charge is -2.22. The molecule has 0 amide bonds. The Kier molecular flexibility index (Phi) is 18.3. The van der Waals surface area contributed by atoms with E-state index < -0.39 is 0 Å². The van der Waals surface area contributed by atoms with E-state index in [0.717, 1.165) is 5.02 Å². The normalized spacial score (nSPS) is 11.8. The number of fused-ring (bicyclic) bond motifs is 2. The number of benzene rings is 7. The molecule has 0 nitrogen and oxygen atoms in total. The molecule has 0 N–H and O–H groups in total. The zero-order valence-electron chi connectivity index (χ0n) is 42.7. The van der Waals surface area contributed by atoms with E-state index in [2.05, 4.69) is 265 Å². The highest BCUT2D eigenvalue weighted by Gasteiger charge is 2.19. The topological polar surface area (TPSA) is 0 Å². The van der Waals surface area contributed by atoms with Gasteiger partial charge in [0.1, 0.15) is 0 Å². The molecule has 0 atom stereocenters. The molecule has 0 aliphatic rings. The number of hydrogen-bond acceptors (Lipinski definition) is 0. The van der Waals surface area contributed by atoms with Crippen LogP contribution in [0.5, 0.6) is 0 Å². The maximum Gasteiger partial charge on any atom is 0.0487 e. The second-order valence-electron chi connectivity index (χ2n) is 22.3. The summed E-state index contributed by atoms with van der Waals surface area (Å²) in [6.07, 6.45) is 0. The van der Waals surface area contributed by atoms with Crippen molar-refractivity contribution in [1.29, 1.82) is 0 Å². The molecule has 1 heteroatoms. The van der Waals surface area contributed by atoms with Crippen LogP contribution in [0.25, 0.3) is 21.5 Å². The van der Waals surface area contributed by atoms with Crippen molar-refractivity contribution in [2.45, 2.75) is 159 Å². The van der Waals surface area contributed by atoms with E-state index in [9.17, 15) is 0 Å². The Morgan fingerprint density at radius 3 is 0.794 bits per heavy atom. The zero-order chi connectivity index (χ0) is 47.6. The predicted molar refractivity (Wildman–Crippen MR) is 285 cm³/mol.